The van der Waals surface area contributed by atoms with E-state index in [1.54, 1.807) is 48.5 Å². The van der Waals surface area contributed by atoms with Gasteiger partial charge in [-0.2, -0.15) is 0 Å². The Kier molecular flexibility index (Phi) is 4.53. The molecule has 0 aliphatic rings. The third-order valence-corrected chi connectivity index (χ3v) is 3.78. The summed E-state index contributed by atoms with van der Waals surface area (Å²) in [6.45, 7) is 0. The van der Waals surface area contributed by atoms with E-state index in [0.29, 0.717) is 21.6 Å². The molecule has 1 heterocycles. The van der Waals surface area contributed by atoms with Crippen LogP contribution in [-0.2, 0) is 9.53 Å². The van der Waals surface area contributed by atoms with E-state index in [0.717, 1.165) is 0 Å². The standard InChI is InChI=1S/C18H14ClNO4/c1-23-18(22)16(11-5-3-2-4-6-11)20-17(21)15-10-12-9-13(19)7-8-14(12)24-15/h2-10,16H,1H3,(H,20,21)/t16-/m1/s1. The van der Waals surface area contributed by atoms with Crippen LogP contribution in [-0.4, -0.2) is 19.0 Å². The first kappa shape index (κ1) is 16.1. The van der Waals surface area contributed by atoms with E-state index in [4.69, 9.17) is 20.8 Å². The van der Waals surface area contributed by atoms with Gasteiger partial charge in [0.25, 0.3) is 5.91 Å². The number of ether oxygens (including phenoxy) is 1. The molecular formula is C18H14ClNO4. The number of hydrogen-bond acceptors (Lipinski definition) is 4. The number of rotatable bonds is 4. The van der Waals surface area contributed by atoms with Crippen molar-refractivity contribution in [2.75, 3.05) is 7.11 Å². The fraction of sp³-hybridized carbons (Fsp3) is 0.111. The average molecular weight is 344 g/mol. The Labute approximate surface area is 143 Å². The second-order valence-corrected chi connectivity index (χ2v) is 5.57. The van der Waals surface area contributed by atoms with Crippen LogP contribution < -0.4 is 5.32 Å². The van der Waals surface area contributed by atoms with Crippen molar-refractivity contribution in [3.8, 4) is 0 Å². The summed E-state index contributed by atoms with van der Waals surface area (Å²) in [6, 6.07) is 14.6. The van der Waals surface area contributed by atoms with Crippen LogP contribution in [0.5, 0.6) is 0 Å². The van der Waals surface area contributed by atoms with Crippen LogP contribution in [0.1, 0.15) is 22.2 Å². The molecule has 3 aromatic rings. The molecule has 0 radical (unpaired) electrons. The van der Waals surface area contributed by atoms with E-state index in [-0.39, 0.29) is 5.76 Å². The van der Waals surface area contributed by atoms with Crippen molar-refractivity contribution >= 4 is 34.4 Å². The highest BCUT2D eigenvalue weighted by Gasteiger charge is 2.25. The summed E-state index contributed by atoms with van der Waals surface area (Å²) in [6.07, 6.45) is 0. The molecule has 0 aliphatic heterocycles. The lowest BCUT2D eigenvalue weighted by Gasteiger charge is -2.16. The number of carbonyl (C=O) groups is 2. The fourth-order valence-electron chi connectivity index (χ4n) is 2.37. The SMILES string of the molecule is COC(=O)[C@H](NC(=O)c1cc2cc(Cl)ccc2o1)c1ccccc1. The Bertz CT molecular complexity index is 888. The molecule has 0 fully saturated rings. The first-order chi connectivity index (χ1) is 11.6. The van der Waals surface area contributed by atoms with Gasteiger partial charge in [0.15, 0.2) is 11.8 Å². The van der Waals surface area contributed by atoms with Crippen molar-refractivity contribution in [2.24, 2.45) is 0 Å². The zero-order valence-electron chi connectivity index (χ0n) is 12.8. The predicted molar refractivity (Wildman–Crippen MR) is 89.9 cm³/mol. The van der Waals surface area contributed by atoms with Crippen LogP contribution in [0, 0.1) is 0 Å². The van der Waals surface area contributed by atoms with Crippen molar-refractivity contribution in [2.45, 2.75) is 6.04 Å². The zero-order valence-corrected chi connectivity index (χ0v) is 13.5. The molecule has 1 atom stereocenters. The second-order valence-electron chi connectivity index (χ2n) is 5.13. The molecule has 0 aliphatic carbocycles. The second kappa shape index (κ2) is 6.76. The summed E-state index contributed by atoms with van der Waals surface area (Å²) >= 11 is 5.93. The highest BCUT2D eigenvalue weighted by atomic mass is 35.5. The summed E-state index contributed by atoms with van der Waals surface area (Å²) in [5.74, 6) is -0.979. The minimum atomic E-state index is -0.916. The molecule has 122 valence electrons. The molecule has 0 saturated carbocycles. The van der Waals surface area contributed by atoms with E-state index in [1.807, 2.05) is 6.07 Å². The van der Waals surface area contributed by atoms with Gasteiger partial charge in [-0.25, -0.2) is 4.79 Å². The van der Waals surface area contributed by atoms with Gasteiger partial charge in [0.05, 0.1) is 7.11 Å². The molecule has 3 rings (SSSR count). The van der Waals surface area contributed by atoms with Gasteiger partial charge >= 0.3 is 5.97 Å². The number of methoxy groups -OCH3 is 1. The minimum absolute atomic E-state index is 0.0945. The van der Waals surface area contributed by atoms with Crippen molar-refractivity contribution in [1.82, 2.24) is 5.32 Å². The number of esters is 1. The lowest BCUT2D eigenvalue weighted by atomic mass is 10.1. The molecule has 2 aromatic carbocycles. The molecule has 5 nitrogen and oxygen atoms in total. The lowest BCUT2D eigenvalue weighted by Crippen LogP contribution is -2.34. The van der Waals surface area contributed by atoms with E-state index >= 15 is 0 Å². The Morgan fingerprint density at radius 1 is 1.12 bits per heavy atom. The summed E-state index contributed by atoms with van der Waals surface area (Å²) in [5, 5.41) is 3.89. The molecule has 6 heteroatoms. The summed E-state index contributed by atoms with van der Waals surface area (Å²) in [5.41, 5.74) is 1.16. The topological polar surface area (TPSA) is 68.5 Å². The smallest absolute Gasteiger partial charge is 0.333 e. The van der Waals surface area contributed by atoms with Crippen LogP contribution >= 0.6 is 11.6 Å². The number of fused-ring (bicyclic) bond motifs is 1. The predicted octanol–water partition coefficient (Wildman–Crippen LogP) is 3.73. The molecule has 0 saturated heterocycles. The number of nitrogens with one attached hydrogen (secondary N) is 1. The van der Waals surface area contributed by atoms with Gasteiger partial charge < -0.3 is 14.5 Å². The van der Waals surface area contributed by atoms with E-state index in [2.05, 4.69) is 5.32 Å². The van der Waals surface area contributed by atoms with Gasteiger partial charge in [-0.05, 0) is 29.8 Å². The van der Waals surface area contributed by atoms with Gasteiger partial charge in [0.1, 0.15) is 5.58 Å². The number of furan rings is 1. The Morgan fingerprint density at radius 3 is 2.58 bits per heavy atom. The molecule has 1 amide bonds. The molecule has 0 unspecified atom stereocenters. The lowest BCUT2D eigenvalue weighted by molar-refractivity contribution is -0.143. The largest absolute Gasteiger partial charge is 0.467 e. The van der Waals surface area contributed by atoms with Gasteiger partial charge in [-0.15, -0.1) is 0 Å². The Hall–Kier alpha value is -2.79. The van der Waals surface area contributed by atoms with E-state index in [9.17, 15) is 9.59 Å². The molecule has 1 aromatic heterocycles. The quantitative estimate of drug-likeness (QED) is 0.733. The van der Waals surface area contributed by atoms with Crippen molar-refractivity contribution < 1.29 is 18.7 Å². The van der Waals surface area contributed by atoms with Gasteiger partial charge in [-0.3, -0.25) is 4.79 Å². The normalized spacial score (nSPS) is 11.9. The highest BCUT2D eigenvalue weighted by Crippen LogP contribution is 2.24. The van der Waals surface area contributed by atoms with Gasteiger partial charge in [0.2, 0.25) is 0 Å². The van der Waals surface area contributed by atoms with Crippen LogP contribution in [0.25, 0.3) is 11.0 Å². The molecule has 0 bridgehead atoms. The van der Waals surface area contributed by atoms with Crippen LogP contribution in [0.4, 0.5) is 0 Å². The maximum Gasteiger partial charge on any atom is 0.333 e. The van der Waals surface area contributed by atoms with Crippen LogP contribution in [0.15, 0.2) is 59.0 Å². The average Bonchev–Trinajstić information content (AvgIpc) is 3.02. The zero-order chi connectivity index (χ0) is 17.1. The number of hydrogen-bond donors (Lipinski definition) is 1. The molecule has 0 spiro atoms. The van der Waals surface area contributed by atoms with Crippen molar-refractivity contribution in [3.63, 3.8) is 0 Å². The Morgan fingerprint density at radius 2 is 1.88 bits per heavy atom. The monoisotopic (exact) mass is 343 g/mol. The maximum absolute atomic E-state index is 12.5. The van der Waals surface area contributed by atoms with Crippen LogP contribution in [0.3, 0.4) is 0 Å². The fourth-order valence-corrected chi connectivity index (χ4v) is 2.55. The highest BCUT2D eigenvalue weighted by molar-refractivity contribution is 6.31. The van der Waals surface area contributed by atoms with Gasteiger partial charge in [0, 0.05) is 10.4 Å². The first-order valence-corrected chi connectivity index (χ1v) is 7.59. The molecular weight excluding hydrogens is 330 g/mol. The number of halogens is 1. The first-order valence-electron chi connectivity index (χ1n) is 7.21. The maximum atomic E-state index is 12.5. The number of amides is 1. The molecule has 1 N–H and O–H groups in total. The van der Waals surface area contributed by atoms with Crippen molar-refractivity contribution in [3.05, 3.63) is 70.9 Å². The summed E-state index contributed by atoms with van der Waals surface area (Å²) in [7, 11) is 1.27. The van der Waals surface area contributed by atoms with E-state index < -0.39 is 17.9 Å². The Balaban J connectivity index is 1.88. The third-order valence-electron chi connectivity index (χ3n) is 3.55. The summed E-state index contributed by atoms with van der Waals surface area (Å²) in [4.78, 5) is 24.5. The minimum Gasteiger partial charge on any atom is -0.467 e. The van der Waals surface area contributed by atoms with E-state index in [1.165, 1.54) is 7.11 Å². The van der Waals surface area contributed by atoms with Gasteiger partial charge in [-0.1, -0.05) is 41.9 Å². The summed E-state index contributed by atoms with van der Waals surface area (Å²) < 4.78 is 10.3. The third kappa shape index (κ3) is 3.26. The van der Waals surface area contributed by atoms with Crippen LogP contribution in [0.2, 0.25) is 5.02 Å². The number of benzene rings is 2. The molecule has 24 heavy (non-hydrogen) atoms. The number of carbonyl (C=O) groups excluding carboxylic acids is 2. The van der Waals surface area contributed by atoms with Crippen molar-refractivity contribution in [1.29, 1.82) is 0 Å².